The van der Waals surface area contributed by atoms with Gasteiger partial charge in [-0.1, -0.05) is 31.2 Å². The van der Waals surface area contributed by atoms with Crippen LogP contribution in [0.5, 0.6) is 0 Å². The van der Waals surface area contributed by atoms with E-state index in [1.165, 1.54) is 16.0 Å². The molecule has 0 saturated heterocycles. The van der Waals surface area contributed by atoms with Crippen LogP contribution in [0.2, 0.25) is 24.7 Å². The summed E-state index contributed by atoms with van der Waals surface area (Å²) in [5, 5.41) is 12.5. The van der Waals surface area contributed by atoms with Gasteiger partial charge in [-0.2, -0.15) is 9.78 Å². The second-order valence-corrected chi connectivity index (χ2v) is 15.1. The minimum atomic E-state index is -1.89. The Morgan fingerprint density at radius 1 is 1.21 bits per heavy atom. The number of ether oxygens (including phenoxy) is 1. The average molecular weight is 450 g/mol. The first kappa shape index (κ1) is 21.5. The zero-order valence-corrected chi connectivity index (χ0v) is 19.9. The summed E-state index contributed by atoms with van der Waals surface area (Å²) in [4.78, 5) is 25.6. The number of nitrogens with one attached hydrogen (secondary N) is 1. The molecule has 9 heteroatoms. The minimum Gasteiger partial charge on any atom is -0.444 e. The summed E-state index contributed by atoms with van der Waals surface area (Å²) in [5.41, 5.74) is -0.307. The van der Waals surface area contributed by atoms with E-state index in [2.05, 4.69) is 25.0 Å². The fraction of sp³-hybridized carbons (Fsp3) is 0.350. The topological polar surface area (TPSA) is 73.2 Å². The first-order chi connectivity index (χ1) is 13.4. The molecule has 2 aromatic heterocycles. The number of halogens is 1. The van der Waals surface area contributed by atoms with Crippen molar-refractivity contribution in [3.05, 3.63) is 45.0 Å². The van der Waals surface area contributed by atoms with Gasteiger partial charge in [0, 0.05) is 15.8 Å². The summed E-state index contributed by atoms with van der Waals surface area (Å²) in [6.45, 7) is 11.9. The number of hydrogen-bond acceptors (Lipinski definition) is 5. The van der Waals surface area contributed by atoms with Crippen molar-refractivity contribution in [2.24, 2.45) is 0 Å². The molecular formula is C20H24ClN3O3SSi. The van der Waals surface area contributed by atoms with Crippen molar-refractivity contribution in [3.63, 3.8) is 0 Å². The van der Waals surface area contributed by atoms with Gasteiger partial charge in [-0.15, -0.1) is 11.3 Å². The van der Waals surface area contributed by atoms with Crippen molar-refractivity contribution in [2.45, 2.75) is 46.0 Å². The van der Waals surface area contributed by atoms with Gasteiger partial charge in [-0.05, 0) is 45.0 Å². The molecule has 2 heterocycles. The molecule has 0 saturated carbocycles. The second-order valence-electron chi connectivity index (χ2n) is 8.77. The van der Waals surface area contributed by atoms with Crippen molar-refractivity contribution in [1.29, 1.82) is 0 Å². The molecule has 1 amide bonds. The number of thiophene rings is 1. The van der Waals surface area contributed by atoms with E-state index in [1.54, 1.807) is 45.0 Å². The summed E-state index contributed by atoms with van der Waals surface area (Å²) < 4.78 is 6.74. The number of carbonyl (C=O) groups is 1. The Kier molecular flexibility index (Phi) is 5.64. The molecule has 1 aromatic carbocycles. The minimum absolute atomic E-state index is 0.295. The van der Waals surface area contributed by atoms with Gasteiger partial charge in [-0.3, -0.25) is 10.1 Å². The molecule has 3 rings (SSSR count). The fourth-order valence-corrected chi connectivity index (χ4v) is 5.41. The lowest BCUT2D eigenvalue weighted by Gasteiger charge is -2.20. The summed E-state index contributed by atoms with van der Waals surface area (Å²) >= 11 is 7.30. The van der Waals surface area contributed by atoms with Crippen molar-refractivity contribution in [3.8, 4) is 5.69 Å². The zero-order valence-electron chi connectivity index (χ0n) is 17.3. The maximum atomic E-state index is 13.3. The Bertz CT molecular complexity index is 1130. The van der Waals surface area contributed by atoms with Crippen molar-refractivity contribution >= 4 is 58.2 Å². The van der Waals surface area contributed by atoms with Crippen molar-refractivity contribution < 1.29 is 9.53 Å². The van der Waals surface area contributed by atoms with E-state index < -0.39 is 19.8 Å². The third kappa shape index (κ3) is 4.71. The smallest absolute Gasteiger partial charge is 0.412 e. The van der Waals surface area contributed by atoms with Crippen LogP contribution >= 0.6 is 22.9 Å². The highest BCUT2D eigenvalue weighted by Crippen LogP contribution is 2.29. The Morgan fingerprint density at radius 2 is 1.83 bits per heavy atom. The number of benzene rings is 1. The van der Waals surface area contributed by atoms with E-state index in [9.17, 15) is 9.59 Å². The fourth-order valence-electron chi connectivity index (χ4n) is 2.85. The average Bonchev–Trinajstić information content (AvgIpc) is 2.97. The van der Waals surface area contributed by atoms with Crippen LogP contribution in [0.25, 0.3) is 16.5 Å². The number of fused-ring (bicyclic) bond motifs is 1. The summed E-state index contributed by atoms with van der Waals surface area (Å²) in [5.74, 6) is 0. The van der Waals surface area contributed by atoms with Gasteiger partial charge in [0.2, 0.25) is 0 Å². The van der Waals surface area contributed by atoms with E-state index in [1.807, 2.05) is 5.38 Å². The quantitative estimate of drug-likeness (QED) is 0.571. The van der Waals surface area contributed by atoms with E-state index in [4.69, 9.17) is 21.4 Å². The van der Waals surface area contributed by atoms with Gasteiger partial charge in [0.1, 0.15) is 18.7 Å². The number of amides is 1. The highest BCUT2D eigenvalue weighted by atomic mass is 35.5. The zero-order chi connectivity index (χ0) is 21.6. The number of anilines is 1. The molecule has 154 valence electrons. The van der Waals surface area contributed by atoms with Crippen LogP contribution < -0.4 is 16.2 Å². The van der Waals surface area contributed by atoms with E-state index in [0.717, 1.165) is 10.7 Å². The van der Waals surface area contributed by atoms with Gasteiger partial charge in [0.05, 0.1) is 16.4 Å². The van der Waals surface area contributed by atoms with E-state index in [-0.39, 0.29) is 5.56 Å². The largest absolute Gasteiger partial charge is 0.444 e. The third-order valence-corrected chi connectivity index (χ3v) is 6.99. The molecule has 0 radical (unpaired) electrons. The van der Waals surface area contributed by atoms with Crippen LogP contribution in [0.1, 0.15) is 20.8 Å². The number of hydrogen-bond donors (Lipinski definition) is 1. The molecular weight excluding hydrogens is 426 g/mol. The Labute approximate surface area is 179 Å². The van der Waals surface area contributed by atoms with Crippen LogP contribution in [-0.4, -0.2) is 29.5 Å². The Hall–Kier alpha value is -2.16. The maximum Gasteiger partial charge on any atom is 0.412 e. The molecule has 0 aliphatic carbocycles. The molecule has 0 bridgehead atoms. The predicted molar refractivity (Wildman–Crippen MR) is 123 cm³/mol. The lowest BCUT2D eigenvalue weighted by Crippen LogP contribution is -2.44. The van der Waals surface area contributed by atoms with E-state index >= 15 is 0 Å². The number of aromatic nitrogens is 2. The van der Waals surface area contributed by atoms with Gasteiger partial charge in [-0.25, -0.2) is 4.79 Å². The van der Waals surface area contributed by atoms with Crippen LogP contribution in [0.15, 0.2) is 34.4 Å². The van der Waals surface area contributed by atoms with Gasteiger partial charge in [0.25, 0.3) is 5.56 Å². The summed E-state index contributed by atoms with van der Waals surface area (Å²) in [6, 6.07) is 6.95. The van der Waals surface area contributed by atoms with Gasteiger partial charge < -0.3 is 4.74 Å². The summed E-state index contributed by atoms with van der Waals surface area (Å²) in [6.07, 6.45) is -0.593. The SMILES string of the molecule is CC(C)(C)OC(=O)Nc1scc2c([Si](C)(C)C)nn(-c3ccc(Cl)cc3)c(=O)c12. The van der Waals surface area contributed by atoms with Gasteiger partial charge in [0.15, 0.2) is 0 Å². The lowest BCUT2D eigenvalue weighted by atomic mass is 10.2. The summed E-state index contributed by atoms with van der Waals surface area (Å²) in [7, 11) is -1.89. The number of rotatable bonds is 3. The normalized spacial score (nSPS) is 12.2. The standard InChI is InChI=1S/C20H24ClN3O3SSi/c1-20(2,3)27-19(26)22-16-15-14(11-28-16)17(29(4,5)6)23-24(18(15)25)13-9-7-12(21)8-10-13/h7-11H,1-6H3,(H,22,26). The molecule has 0 atom stereocenters. The molecule has 0 spiro atoms. The first-order valence-electron chi connectivity index (χ1n) is 9.18. The van der Waals surface area contributed by atoms with Crippen LogP contribution in [-0.2, 0) is 4.74 Å². The van der Waals surface area contributed by atoms with Crippen molar-refractivity contribution in [1.82, 2.24) is 9.78 Å². The monoisotopic (exact) mass is 449 g/mol. The molecule has 0 aliphatic rings. The lowest BCUT2D eigenvalue weighted by molar-refractivity contribution is 0.0636. The molecule has 1 N–H and O–H groups in total. The molecule has 0 aliphatic heterocycles. The Balaban J connectivity index is 2.21. The van der Waals surface area contributed by atoms with E-state index in [0.29, 0.717) is 21.1 Å². The number of nitrogens with zero attached hydrogens (tertiary/aromatic N) is 2. The van der Waals surface area contributed by atoms with Crippen LogP contribution in [0.3, 0.4) is 0 Å². The number of carbonyl (C=O) groups excluding carboxylic acids is 1. The molecule has 29 heavy (non-hydrogen) atoms. The van der Waals surface area contributed by atoms with Crippen LogP contribution in [0, 0.1) is 0 Å². The molecule has 0 unspecified atom stereocenters. The maximum absolute atomic E-state index is 13.3. The Morgan fingerprint density at radius 3 is 2.38 bits per heavy atom. The van der Waals surface area contributed by atoms with Gasteiger partial charge >= 0.3 is 6.09 Å². The third-order valence-electron chi connectivity index (χ3n) is 4.05. The molecule has 0 fully saturated rings. The van der Waals surface area contributed by atoms with Crippen LogP contribution in [0.4, 0.5) is 9.80 Å². The van der Waals surface area contributed by atoms with Crippen molar-refractivity contribution in [2.75, 3.05) is 5.32 Å². The highest BCUT2D eigenvalue weighted by molar-refractivity contribution is 7.16. The first-order valence-corrected chi connectivity index (χ1v) is 13.9. The highest BCUT2D eigenvalue weighted by Gasteiger charge is 2.27. The second kappa shape index (κ2) is 7.59. The molecule has 6 nitrogen and oxygen atoms in total. The predicted octanol–water partition coefficient (Wildman–Crippen LogP) is 4.99. The molecule has 3 aromatic rings.